The van der Waals surface area contributed by atoms with Gasteiger partial charge in [-0.15, -0.1) is 0 Å². The van der Waals surface area contributed by atoms with Crippen molar-refractivity contribution in [2.75, 3.05) is 14.2 Å². The summed E-state index contributed by atoms with van der Waals surface area (Å²) in [5.41, 5.74) is 3.34. The number of nitriles is 1. The summed E-state index contributed by atoms with van der Waals surface area (Å²) in [6.07, 6.45) is 1.59. The number of ether oxygens (including phenoxy) is 2. The van der Waals surface area contributed by atoms with Gasteiger partial charge in [-0.1, -0.05) is 12.1 Å². The Hall–Kier alpha value is -4.50. The van der Waals surface area contributed by atoms with E-state index in [9.17, 15) is 10.4 Å². The molecule has 0 saturated heterocycles. The van der Waals surface area contributed by atoms with E-state index in [0.29, 0.717) is 22.6 Å². The monoisotopic (exact) mass is 424 g/mol. The molecular weight excluding hydrogens is 404 g/mol. The number of nitrogens with zero attached hydrogens (tertiary/aromatic N) is 2. The Balaban J connectivity index is 1.86. The van der Waals surface area contributed by atoms with Gasteiger partial charge in [0.25, 0.3) is 0 Å². The summed E-state index contributed by atoms with van der Waals surface area (Å²) in [4.78, 5) is 4.43. The minimum Gasteiger partial charge on any atom is -0.508 e. The summed E-state index contributed by atoms with van der Waals surface area (Å²) in [5, 5.41) is 19.4. The van der Waals surface area contributed by atoms with Crippen molar-refractivity contribution in [1.29, 1.82) is 5.26 Å². The molecule has 4 aromatic rings. The average Bonchev–Trinajstić information content (AvgIpc) is 3.22. The molecule has 0 radical (unpaired) electrons. The van der Waals surface area contributed by atoms with Crippen LogP contribution >= 0.6 is 0 Å². The molecule has 0 fully saturated rings. The molecule has 4 rings (SSSR count). The minimum atomic E-state index is 0.168. The van der Waals surface area contributed by atoms with E-state index in [-0.39, 0.29) is 11.6 Å². The number of benzene rings is 3. The van der Waals surface area contributed by atoms with Crippen LogP contribution in [-0.4, -0.2) is 25.5 Å². The fourth-order valence-electron chi connectivity index (χ4n) is 3.29. The number of aliphatic imine (C=N–C) groups is 1. The number of phenols is 1. The number of rotatable bonds is 6. The van der Waals surface area contributed by atoms with Crippen LogP contribution in [0, 0.1) is 11.3 Å². The highest BCUT2D eigenvalue weighted by atomic mass is 16.5. The molecule has 0 aliphatic heterocycles. The van der Waals surface area contributed by atoms with Crippen LogP contribution in [0.4, 0.5) is 5.88 Å². The molecule has 0 aliphatic carbocycles. The van der Waals surface area contributed by atoms with Crippen molar-refractivity contribution in [3.63, 3.8) is 0 Å². The second-order valence-electron chi connectivity index (χ2n) is 6.90. The topological polar surface area (TPSA) is 88.0 Å². The Bertz CT molecular complexity index is 1280. The van der Waals surface area contributed by atoms with Crippen molar-refractivity contribution < 1.29 is 19.0 Å². The van der Waals surface area contributed by atoms with Gasteiger partial charge >= 0.3 is 0 Å². The van der Waals surface area contributed by atoms with E-state index in [4.69, 9.17) is 13.9 Å². The third-order valence-corrected chi connectivity index (χ3v) is 4.96. The first-order valence-corrected chi connectivity index (χ1v) is 9.81. The smallest absolute Gasteiger partial charge is 0.238 e. The third kappa shape index (κ3) is 4.18. The molecule has 6 heteroatoms. The number of aromatic hydroxyl groups is 1. The summed E-state index contributed by atoms with van der Waals surface area (Å²) >= 11 is 0. The highest BCUT2D eigenvalue weighted by Crippen LogP contribution is 2.43. The van der Waals surface area contributed by atoms with Crippen LogP contribution in [-0.2, 0) is 0 Å². The van der Waals surface area contributed by atoms with Crippen LogP contribution in [0.25, 0.3) is 22.5 Å². The predicted molar refractivity (Wildman–Crippen MR) is 123 cm³/mol. The minimum absolute atomic E-state index is 0.168. The van der Waals surface area contributed by atoms with E-state index < -0.39 is 0 Å². The molecule has 0 unspecified atom stereocenters. The summed E-state index contributed by atoms with van der Waals surface area (Å²) in [6.45, 7) is 0. The molecule has 6 nitrogen and oxygen atoms in total. The molecule has 32 heavy (non-hydrogen) atoms. The van der Waals surface area contributed by atoms with E-state index in [2.05, 4.69) is 11.1 Å². The summed E-state index contributed by atoms with van der Waals surface area (Å²) in [5.74, 6) is 2.34. The first kappa shape index (κ1) is 20.8. The van der Waals surface area contributed by atoms with Gasteiger partial charge in [0.15, 0.2) is 0 Å². The average molecular weight is 424 g/mol. The fourth-order valence-corrected chi connectivity index (χ4v) is 3.29. The van der Waals surface area contributed by atoms with Crippen molar-refractivity contribution in [3.8, 4) is 45.8 Å². The number of hydrogen-bond acceptors (Lipinski definition) is 6. The summed E-state index contributed by atoms with van der Waals surface area (Å²) in [6, 6.07) is 23.7. The van der Waals surface area contributed by atoms with Crippen LogP contribution in [0.5, 0.6) is 17.2 Å². The first-order chi connectivity index (χ1) is 15.6. The maximum Gasteiger partial charge on any atom is 0.238 e. The molecule has 1 N–H and O–H groups in total. The number of hydrogen-bond donors (Lipinski definition) is 1. The van der Waals surface area contributed by atoms with Gasteiger partial charge in [-0.2, -0.15) is 5.26 Å². The Morgan fingerprint density at radius 2 is 1.41 bits per heavy atom. The molecular formula is C26H20N2O4. The lowest BCUT2D eigenvalue weighted by Crippen LogP contribution is -1.87. The van der Waals surface area contributed by atoms with Crippen LogP contribution in [0.1, 0.15) is 11.1 Å². The van der Waals surface area contributed by atoms with Gasteiger partial charge in [0.1, 0.15) is 34.6 Å². The highest BCUT2D eigenvalue weighted by molar-refractivity contribution is 5.90. The van der Waals surface area contributed by atoms with E-state index in [1.54, 1.807) is 44.7 Å². The van der Waals surface area contributed by atoms with Crippen LogP contribution < -0.4 is 9.47 Å². The standard InChI is InChI=1S/C26H20N2O4/c1-30-21-11-5-18(6-12-21)24-23(15-27)26(28-16-17-3-9-20(29)10-4-17)32-25(24)19-7-13-22(31-2)14-8-19/h3-14,16,29H,1-2H3/b28-16+. The Morgan fingerprint density at radius 1 is 0.844 bits per heavy atom. The predicted octanol–water partition coefficient (Wildman–Crippen LogP) is 5.96. The van der Waals surface area contributed by atoms with Gasteiger partial charge in [0.05, 0.1) is 14.2 Å². The first-order valence-electron chi connectivity index (χ1n) is 9.81. The molecule has 0 atom stereocenters. The van der Waals surface area contributed by atoms with Gasteiger partial charge in [-0.05, 0) is 71.8 Å². The van der Waals surface area contributed by atoms with Gasteiger partial charge < -0.3 is 19.0 Å². The van der Waals surface area contributed by atoms with Crippen molar-refractivity contribution >= 4 is 12.1 Å². The summed E-state index contributed by atoms with van der Waals surface area (Å²) < 4.78 is 16.6. The zero-order chi connectivity index (χ0) is 22.5. The zero-order valence-corrected chi connectivity index (χ0v) is 17.6. The maximum atomic E-state index is 9.98. The van der Waals surface area contributed by atoms with Crippen molar-refractivity contribution in [2.45, 2.75) is 0 Å². The lowest BCUT2D eigenvalue weighted by Gasteiger charge is -2.06. The zero-order valence-electron chi connectivity index (χ0n) is 17.6. The lowest BCUT2D eigenvalue weighted by atomic mass is 9.98. The Kier molecular flexibility index (Phi) is 5.91. The SMILES string of the molecule is COc1ccc(-c2oc(/N=C/c3ccc(O)cc3)c(C#N)c2-c2ccc(OC)cc2)cc1. The normalized spacial score (nSPS) is 10.8. The second kappa shape index (κ2) is 9.11. The van der Waals surface area contributed by atoms with E-state index >= 15 is 0 Å². The van der Waals surface area contributed by atoms with Gasteiger partial charge in [-0.3, -0.25) is 0 Å². The molecule has 0 aliphatic rings. The van der Waals surface area contributed by atoms with Crippen LogP contribution in [0.15, 0.2) is 82.2 Å². The van der Waals surface area contributed by atoms with Crippen LogP contribution in [0.3, 0.4) is 0 Å². The largest absolute Gasteiger partial charge is 0.508 e. The van der Waals surface area contributed by atoms with Crippen molar-refractivity contribution in [1.82, 2.24) is 0 Å². The van der Waals surface area contributed by atoms with Crippen molar-refractivity contribution in [2.24, 2.45) is 4.99 Å². The van der Waals surface area contributed by atoms with E-state index in [0.717, 1.165) is 22.4 Å². The Morgan fingerprint density at radius 3 is 1.94 bits per heavy atom. The van der Waals surface area contributed by atoms with Gasteiger partial charge in [0, 0.05) is 17.3 Å². The molecule has 3 aromatic carbocycles. The second-order valence-corrected chi connectivity index (χ2v) is 6.90. The maximum absolute atomic E-state index is 9.98. The number of methoxy groups -OCH3 is 2. The molecule has 1 heterocycles. The number of phenolic OH excluding ortho intramolecular Hbond substituents is 1. The molecule has 1 aromatic heterocycles. The highest BCUT2D eigenvalue weighted by Gasteiger charge is 2.23. The fraction of sp³-hybridized carbons (Fsp3) is 0.0769. The molecule has 0 amide bonds. The molecule has 0 saturated carbocycles. The lowest BCUT2D eigenvalue weighted by molar-refractivity contribution is 0.414. The van der Waals surface area contributed by atoms with Crippen LogP contribution in [0.2, 0.25) is 0 Å². The summed E-state index contributed by atoms with van der Waals surface area (Å²) in [7, 11) is 3.21. The van der Waals surface area contributed by atoms with Gasteiger partial charge in [0.2, 0.25) is 5.88 Å². The molecule has 0 spiro atoms. The van der Waals surface area contributed by atoms with E-state index in [1.165, 1.54) is 0 Å². The van der Waals surface area contributed by atoms with Gasteiger partial charge in [-0.25, -0.2) is 4.99 Å². The Labute approximate surface area is 185 Å². The third-order valence-electron chi connectivity index (χ3n) is 4.96. The quantitative estimate of drug-likeness (QED) is 0.386. The molecule has 0 bridgehead atoms. The van der Waals surface area contributed by atoms with Crippen molar-refractivity contribution in [3.05, 3.63) is 83.9 Å². The number of furan rings is 1. The van der Waals surface area contributed by atoms with E-state index in [1.807, 2.05) is 48.5 Å². The molecule has 158 valence electrons.